The van der Waals surface area contributed by atoms with Gasteiger partial charge < -0.3 is 15.7 Å². The van der Waals surface area contributed by atoms with E-state index in [0.29, 0.717) is 13.0 Å². The van der Waals surface area contributed by atoms with E-state index >= 15 is 0 Å². The van der Waals surface area contributed by atoms with Gasteiger partial charge in [0.1, 0.15) is 11.9 Å². The molecule has 126 valence electrons. The van der Waals surface area contributed by atoms with Crippen LogP contribution < -0.4 is 10.6 Å². The normalized spacial score (nSPS) is 16.5. The lowest BCUT2D eigenvalue weighted by Crippen LogP contribution is -2.53. The third-order valence-corrected chi connectivity index (χ3v) is 4.01. The minimum absolute atomic E-state index is 0.0223. The Kier molecular flexibility index (Phi) is 5.71. The van der Waals surface area contributed by atoms with Crippen LogP contribution in [0.1, 0.15) is 30.9 Å². The summed E-state index contributed by atoms with van der Waals surface area (Å²) in [6, 6.07) is 3.58. The molecule has 23 heavy (non-hydrogen) atoms. The Morgan fingerprint density at radius 3 is 2.65 bits per heavy atom. The Hall–Kier alpha value is -1.95. The number of amides is 2. The summed E-state index contributed by atoms with van der Waals surface area (Å²) in [5, 5.41) is 15.0. The van der Waals surface area contributed by atoms with Gasteiger partial charge in [-0.1, -0.05) is 6.07 Å². The summed E-state index contributed by atoms with van der Waals surface area (Å²) in [7, 11) is 0. The Labute approximate surface area is 135 Å². The first-order chi connectivity index (χ1) is 10.9. The first-order valence-corrected chi connectivity index (χ1v) is 7.89. The van der Waals surface area contributed by atoms with Crippen molar-refractivity contribution < 1.29 is 19.1 Å². The number of nitrogens with one attached hydrogen (secondary N) is 2. The number of halogens is 1. The highest BCUT2D eigenvalue weighted by Crippen LogP contribution is 2.28. The SMILES string of the molecule is Cc1cc(F)ccc1CCNC(=O)C(NC(=O)C1CC1)C(C)O. The maximum Gasteiger partial charge on any atom is 0.245 e. The molecule has 5 nitrogen and oxygen atoms in total. The highest BCUT2D eigenvalue weighted by Gasteiger charge is 2.34. The highest BCUT2D eigenvalue weighted by molar-refractivity contribution is 5.89. The minimum Gasteiger partial charge on any atom is -0.391 e. The lowest BCUT2D eigenvalue weighted by molar-refractivity contribution is -0.132. The maximum atomic E-state index is 13.0. The molecule has 0 aromatic heterocycles. The van der Waals surface area contributed by atoms with E-state index in [1.54, 1.807) is 6.07 Å². The predicted octanol–water partition coefficient (Wildman–Crippen LogP) is 1.07. The second-order valence-corrected chi connectivity index (χ2v) is 6.11. The van der Waals surface area contributed by atoms with Crippen molar-refractivity contribution in [2.75, 3.05) is 6.54 Å². The molecule has 2 amide bonds. The minimum atomic E-state index is -0.967. The summed E-state index contributed by atoms with van der Waals surface area (Å²) in [4.78, 5) is 23.9. The number of aryl methyl sites for hydroxylation is 1. The van der Waals surface area contributed by atoms with Gasteiger partial charge in [-0.3, -0.25) is 9.59 Å². The van der Waals surface area contributed by atoms with E-state index in [4.69, 9.17) is 0 Å². The number of aliphatic hydroxyl groups is 1. The first-order valence-electron chi connectivity index (χ1n) is 7.89. The van der Waals surface area contributed by atoms with Crippen molar-refractivity contribution in [2.24, 2.45) is 5.92 Å². The zero-order valence-corrected chi connectivity index (χ0v) is 13.4. The molecule has 0 radical (unpaired) electrons. The molecule has 3 N–H and O–H groups in total. The van der Waals surface area contributed by atoms with E-state index in [1.807, 2.05) is 6.92 Å². The van der Waals surface area contributed by atoms with Crippen LogP contribution in [0.3, 0.4) is 0 Å². The third kappa shape index (κ3) is 5.03. The number of aliphatic hydroxyl groups excluding tert-OH is 1. The summed E-state index contributed by atoms with van der Waals surface area (Å²) < 4.78 is 13.0. The first kappa shape index (κ1) is 17.4. The highest BCUT2D eigenvalue weighted by atomic mass is 19.1. The Bertz CT molecular complexity index is 585. The van der Waals surface area contributed by atoms with Crippen molar-refractivity contribution in [1.29, 1.82) is 0 Å². The molecule has 2 rings (SSSR count). The van der Waals surface area contributed by atoms with Crippen LogP contribution in [0, 0.1) is 18.7 Å². The van der Waals surface area contributed by atoms with Gasteiger partial charge in [0, 0.05) is 12.5 Å². The standard InChI is InChI=1S/C17H23FN2O3/c1-10-9-14(18)6-5-12(10)7-8-19-17(23)15(11(2)21)20-16(22)13-3-4-13/h5-6,9,11,13,15,21H,3-4,7-8H2,1-2H3,(H,19,23)(H,20,22). The third-order valence-electron chi connectivity index (χ3n) is 4.01. The fourth-order valence-corrected chi connectivity index (χ4v) is 2.39. The van der Waals surface area contributed by atoms with Crippen LogP contribution in [0.5, 0.6) is 0 Å². The molecule has 1 fully saturated rings. The number of carbonyl (C=O) groups is 2. The molecule has 6 heteroatoms. The molecule has 0 heterocycles. The second kappa shape index (κ2) is 7.55. The van der Waals surface area contributed by atoms with Crippen LogP contribution in [-0.4, -0.2) is 35.6 Å². The van der Waals surface area contributed by atoms with Crippen molar-refractivity contribution in [3.8, 4) is 0 Å². The molecule has 0 spiro atoms. The van der Waals surface area contributed by atoms with Gasteiger partial charge in [0.05, 0.1) is 6.10 Å². The number of rotatable bonds is 7. The summed E-state index contributed by atoms with van der Waals surface area (Å²) in [5.74, 6) is -0.896. The monoisotopic (exact) mass is 322 g/mol. The molecule has 0 aliphatic heterocycles. The van der Waals surface area contributed by atoms with Crippen molar-refractivity contribution in [2.45, 2.75) is 45.3 Å². The zero-order chi connectivity index (χ0) is 17.0. The fourth-order valence-electron chi connectivity index (χ4n) is 2.39. The molecule has 1 aromatic carbocycles. The van der Waals surface area contributed by atoms with E-state index in [9.17, 15) is 19.1 Å². The van der Waals surface area contributed by atoms with Crippen LogP contribution in [0.4, 0.5) is 4.39 Å². The lowest BCUT2D eigenvalue weighted by Gasteiger charge is -2.21. The number of carbonyl (C=O) groups excluding carboxylic acids is 2. The largest absolute Gasteiger partial charge is 0.391 e. The van der Waals surface area contributed by atoms with Gasteiger partial charge in [0.15, 0.2) is 0 Å². The van der Waals surface area contributed by atoms with E-state index in [2.05, 4.69) is 10.6 Å². The van der Waals surface area contributed by atoms with Gasteiger partial charge in [-0.05, 0) is 56.4 Å². The zero-order valence-electron chi connectivity index (χ0n) is 13.4. The Morgan fingerprint density at radius 1 is 1.39 bits per heavy atom. The van der Waals surface area contributed by atoms with E-state index in [0.717, 1.165) is 24.0 Å². The number of benzene rings is 1. The van der Waals surface area contributed by atoms with Gasteiger partial charge in [-0.2, -0.15) is 0 Å². The Balaban J connectivity index is 1.84. The molecule has 2 atom stereocenters. The average Bonchev–Trinajstić information content (AvgIpc) is 3.31. The molecule has 1 aromatic rings. The van der Waals surface area contributed by atoms with Crippen molar-refractivity contribution >= 4 is 11.8 Å². The molecule has 0 bridgehead atoms. The van der Waals surface area contributed by atoms with Gasteiger partial charge in [-0.25, -0.2) is 4.39 Å². The smallest absolute Gasteiger partial charge is 0.245 e. The summed E-state index contributed by atoms with van der Waals surface area (Å²) >= 11 is 0. The van der Waals surface area contributed by atoms with Crippen LogP contribution in [0.2, 0.25) is 0 Å². The molecule has 0 saturated heterocycles. The molecular formula is C17H23FN2O3. The topological polar surface area (TPSA) is 78.4 Å². The van der Waals surface area contributed by atoms with Crippen LogP contribution in [0.25, 0.3) is 0 Å². The summed E-state index contributed by atoms with van der Waals surface area (Å²) in [6.45, 7) is 3.64. The Morgan fingerprint density at radius 2 is 2.09 bits per heavy atom. The fraction of sp³-hybridized carbons (Fsp3) is 0.529. The molecule has 1 aliphatic rings. The molecular weight excluding hydrogens is 299 g/mol. The number of hydrogen-bond acceptors (Lipinski definition) is 3. The van der Waals surface area contributed by atoms with Crippen molar-refractivity contribution in [3.63, 3.8) is 0 Å². The van der Waals surface area contributed by atoms with E-state index in [-0.39, 0.29) is 17.6 Å². The molecule has 1 aliphatic carbocycles. The summed E-state index contributed by atoms with van der Waals surface area (Å²) in [6.07, 6.45) is 1.26. The lowest BCUT2D eigenvalue weighted by atomic mass is 10.1. The maximum absolute atomic E-state index is 13.0. The molecule has 1 saturated carbocycles. The van der Waals surface area contributed by atoms with Gasteiger partial charge >= 0.3 is 0 Å². The van der Waals surface area contributed by atoms with Crippen LogP contribution >= 0.6 is 0 Å². The van der Waals surface area contributed by atoms with Crippen LogP contribution in [-0.2, 0) is 16.0 Å². The van der Waals surface area contributed by atoms with E-state index < -0.39 is 18.1 Å². The van der Waals surface area contributed by atoms with Gasteiger partial charge in [-0.15, -0.1) is 0 Å². The average molecular weight is 322 g/mol. The predicted molar refractivity (Wildman–Crippen MR) is 84.2 cm³/mol. The summed E-state index contributed by atoms with van der Waals surface area (Å²) in [5.41, 5.74) is 1.77. The van der Waals surface area contributed by atoms with Crippen molar-refractivity contribution in [1.82, 2.24) is 10.6 Å². The second-order valence-electron chi connectivity index (χ2n) is 6.11. The quantitative estimate of drug-likeness (QED) is 0.702. The number of hydrogen-bond donors (Lipinski definition) is 3. The van der Waals surface area contributed by atoms with Crippen LogP contribution in [0.15, 0.2) is 18.2 Å². The van der Waals surface area contributed by atoms with Gasteiger partial charge in [0.25, 0.3) is 0 Å². The van der Waals surface area contributed by atoms with Gasteiger partial charge in [0.2, 0.25) is 11.8 Å². The van der Waals surface area contributed by atoms with E-state index in [1.165, 1.54) is 19.1 Å². The molecule has 2 unspecified atom stereocenters. The van der Waals surface area contributed by atoms with Crippen molar-refractivity contribution in [3.05, 3.63) is 35.1 Å².